The highest BCUT2D eigenvalue weighted by Gasteiger charge is 2.20. The molecule has 0 aromatic heterocycles. The second-order valence-corrected chi connectivity index (χ2v) is 5.01. The Balaban J connectivity index is 1.56. The fraction of sp³-hybridized carbons (Fsp3) is 0.600. The van der Waals surface area contributed by atoms with Crippen molar-refractivity contribution in [3.63, 3.8) is 0 Å². The second kappa shape index (κ2) is 7.46. The van der Waals surface area contributed by atoms with Crippen LogP contribution in [-0.4, -0.2) is 26.9 Å². The molecule has 0 bridgehead atoms. The molecule has 106 valence electrons. The van der Waals surface area contributed by atoms with Gasteiger partial charge in [-0.1, -0.05) is 6.07 Å². The van der Waals surface area contributed by atoms with Crippen LogP contribution in [-0.2, 0) is 11.3 Å². The fourth-order valence-electron chi connectivity index (χ4n) is 1.86. The number of hydrogen-bond acceptors (Lipinski definition) is 3. The molecule has 19 heavy (non-hydrogen) atoms. The van der Waals surface area contributed by atoms with Crippen molar-refractivity contribution >= 4 is 0 Å². The van der Waals surface area contributed by atoms with Crippen molar-refractivity contribution in [2.45, 2.75) is 25.8 Å². The molecule has 1 N–H and O–H groups in total. The molecule has 0 unspecified atom stereocenters. The van der Waals surface area contributed by atoms with Gasteiger partial charge in [-0.2, -0.15) is 0 Å². The molecule has 0 heterocycles. The van der Waals surface area contributed by atoms with Crippen molar-refractivity contribution in [3.8, 4) is 5.75 Å². The molecule has 1 aromatic rings. The highest BCUT2D eigenvalue weighted by Crippen LogP contribution is 2.28. The number of rotatable bonds is 9. The van der Waals surface area contributed by atoms with Crippen LogP contribution in [0.3, 0.4) is 0 Å². The Morgan fingerprint density at radius 1 is 1.37 bits per heavy atom. The fourth-order valence-corrected chi connectivity index (χ4v) is 1.86. The first-order valence-corrected chi connectivity index (χ1v) is 6.90. The Bertz CT molecular complexity index is 394. The quantitative estimate of drug-likeness (QED) is 0.698. The van der Waals surface area contributed by atoms with Crippen LogP contribution in [0.1, 0.15) is 24.8 Å². The first kappa shape index (κ1) is 14.3. The van der Waals surface area contributed by atoms with Gasteiger partial charge in [0.05, 0.1) is 7.11 Å². The summed E-state index contributed by atoms with van der Waals surface area (Å²) in [5.74, 6) is 1.15. The van der Waals surface area contributed by atoms with Crippen molar-refractivity contribution < 1.29 is 13.9 Å². The lowest BCUT2D eigenvalue weighted by atomic mass is 10.2. The highest BCUT2D eigenvalue weighted by atomic mass is 19.1. The normalized spacial score (nSPS) is 14.6. The van der Waals surface area contributed by atoms with Gasteiger partial charge >= 0.3 is 0 Å². The standard InChI is InChI=1S/C15H22FNO2/c1-18-14-6-5-13(15(16)9-14)10-17-7-2-8-19-11-12-3-4-12/h5-6,9,12,17H,2-4,7-8,10-11H2,1H3. The van der Waals surface area contributed by atoms with Gasteiger partial charge in [-0.15, -0.1) is 0 Å². The lowest BCUT2D eigenvalue weighted by Gasteiger charge is -2.08. The van der Waals surface area contributed by atoms with E-state index >= 15 is 0 Å². The molecule has 0 spiro atoms. The van der Waals surface area contributed by atoms with Gasteiger partial charge in [-0.3, -0.25) is 0 Å². The first-order chi connectivity index (χ1) is 9.29. The average molecular weight is 267 g/mol. The molecule has 3 nitrogen and oxygen atoms in total. The van der Waals surface area contributed by atoms with E-state index in [1.807, 2.05) is 0 Å². The van der Waals surface area contributed by atoms with Crippen molar-refractivity contribution in [2.24, 2.45) is 5.92 Å². The van der Waals surface area contributed by atoms with Crippen LogP contribution < -0.4 is 10.1 Å². The minimum atomic E-state index is -0.225. The maximum absolute atomic E-state index is 13.6. The van der Waals surface area contributed by atoms with E-state index in [9.17, 15) is 4.39 Å². The van der Waals surface area contributed by atoms with E-state index in [1.54, 1.807) is 12.1 Å². The Kier molecular flexibility index (Phi) is 5.61. The molecule has 0 aliphatic heterocycles. The summed E-state index contributed by atoms with van der Waals surface area (Å²) in [4.78, 5) is 0. The van der Waals surface area contributed by atoms with Gasteiger partial charge in [0.15, 0.2) is 0 Å². The van der Waals surface area contributed by atoms with Gasteiger partial charge in [0.25, 0.3) is 0 Å². The lowest BCUT2D eigenvalue weighted by Crippen LogP contribution is -2.17. The van der Waals surface area contributed by atoms with Crippen LogP contribution in [0.5, 0.6) is 5.75 Å². The molecule has 0 radical (unpaired) electrons. The monoisotopic (exact) mass is 267 g/mol. The number of hydrogen-bond donors (Lipinski definition) is 1. The Morgan fingerprint density at radius 2 is 2.21 bits per heavy atom. The topological polar surface area (TPSA) is 30.5 Å². The smallest absolute Gasteiger partial charge is 0.131 e. The van der Waals surface area contributed by atoms with Gasteiger partial charge in [-0.25, -0.2) is 4.39 Å². The molecular formula is C15H22FNO2. The summed E-state index contributed by atoms with van der Waals surface area (Å²) >= 11 is 0. The zero-order chi connectivity index (χ0) is 13.5. The van der Waals surface area contributed by atoms with Crippen molar-refractivity contribution in [1.82, 2.24) is 5.32 Å². The van der Waals surface area contributed by atoms with Crippen LogP contribution >= 0.6 is 0 Å². The van der Waals surface area contributed by atoms with E-state index in [0.29, 0.717) is 17.9 Å². The summed E-state index contributed by atoms with van der Waals surface area (Å²) in [6.45, 7) is 3.08. The largest absolute Gasteiger partial charge is 0.497 e. The van der Waals surface area contributed by atoms with Gasteiger partial charge < -0.3 is 14.8 Å². The molecule has 4 heteroatoms. The zero-order valence-corrected chi connectivity index (χ0v) is 11.5. The molecule has 1 saturated carbocycles. The molecule has 0 atom stereocenters. The number of benzene rings is 1. The van der Waals surface area contributed by atoms with Crippen molar-refractivity contribution in [3.05, 3.63) is 29.6 Å². The Morgan fingerprint density at radius 3 is 2.89 bits per heavy atom. The summed E-state index contributed by atoms with van der Waals surface area (Å²) in [7, 11) is 1.54. The van der Waals surface area contributed by atoms with Crippen LogP contribution in [0, 0.1) is 11.7 Å². The summed E-state index contributed by atoms with van der Waals surface area (Å²) in [5, 5.41) is 3.22. The summed E-state index contributed by atoms with van der Waals surface area (Å²) < 4.78 is 24.1. The van der Waals surface area contributed by atoms with Gasteiger partial charge in [0, 0.05) is 31.4 Å². The first-order valence-electron chi connectivity index (χ1n) is 6.90. The summed E-state index contributed by atoms with van der Waals surface area (Å²) in [5.41, 5.74) is 0.666. The van der Waals surface area contributed by atoms with Gasteiger partial charge in [0.1, 0.15) is 11.6 Å². The van der Waals surface area contributed by atoms with Crippen LogP contribution in [0.4, 0.5) is 4.39 Å². The third-order valence-corrected chi connectivity index (χ3v) is 3.27. The maximum Gasteiger partial charge on any atom is 0.131 e. The molecule has 0 amide bonds. The van der Waals surface area contributed by atoms with E-state index in [1.165, 1.54) is 26.0 Å². The Hall–Kier alpha value is -1.13. The van der Waals surface area contributed by atoms with E-state index < -0.39 is 0 Å². The molecule has 2 rings (SSSR count). The lowest BCUT2D eigenvalue weighted by molar-refractivity contribution is 0.122. The third kappa shape index (κ3) is 5.17. The van der Waals surface area contributed by atoms with Crippen LogP contribution in [0.2, 0.25) is 0 Å². The van der Waals surface area contributed by atoms with Crippen molar-refractivity contribution in [2.75, 3.05) is 26.9 Å². The summed E-state index contributed by atoms with van der Waals surface area (Å²) in [6, 6.07) is 4.94. The second-order valence-electron chi connectivity index (χ2n) is 5.01. The average Bonchev–Trinajstić information content (AvgIpc) is 3.23. The van der Waals surface area contributed by atoms with Crippen LogP contribution in [0.25, 0.3) is 0 Å². The van der Waals surface area contributed by atoms with E-state index in [2.05, 4.69) is 5.32 Å². The highest BCUT2D eigenvalue weighted by molar-refractivity contribution is 5.28. The molecule has 0 saturated heterocycles. The Labute approximate surface area is 114 Å². The number of halogens is 1. The summed E-state index contributed by atoms with van der Waals surface area (Å²) in [6.07, 6.45) is 3.62. The number of ether oxygens (including phenoxy) is 2. The zero-order valence-electron chi connectivity index (χ0n) is 11.5. The van der Waals surface area contributed by atoms with Gasteiger partial charge in [0.2, 0.25) is 0 Å². The van der Waals surface area contributed by atoms with E-state index in [-0.39, 0.29) is 5.82 Å². The third-order valence-electron chi connectivity index (χ3n) is 3.27. The number of methoxy groups -OCH3 is 1. The predicted molar refractivity (Wildman–Crippen MR) is 72.8 cm³/mol. The molecule has 1 aromatic carbocycles. The SMILES string of the molecule is COc1ccc(CNCCCOCC2CC2)c(F)c1. The molecule has 1 aliphatic carbocycles. The van der Waals surface area contributed by atoms with Crippen LogP contribution in [0.15, 0.2) is 18.2 Å². The van der Waals surface area contributed by atoms with E-state index in [0.717, 1.165) is 32.1 Å². The molecular weight excluding hydrogens is 245 g/mol. The minimum Gasteiger partial charge on any atom is -0.497 e. The van der Waals surface area contributed by atoms with Gasteiger partial charge in [-0.05, 0) is 37.8 Å². The molecule has 1 aliphatic rings. The predicted octanol–water partition coefficient (Wildman–Crippen LogP) is 2.74. The van der Waals surface area contributed by atoms with Crippen molar-refractivity contribution in [1.29, 1.82) is 0 Å². The minimum absolute atomic E-state index is 0.225. The maximum atomic E-state index is 13.6. The molecule has 1 fully saturated rings. The van der Waals surface area contributed by atoms with E-state index in [4.69, 9.17) is 9.47 Å². The number of nitrogens with one attached hydrogen (secondary N) is 1.